The summed E-state index contributed by atoms with van der Waals surface area (Å²) in [5.41, 5.74) is 1.15. The number of hydrogen-bond donors (Lipinski definition) is 1. The fraction of sp³-hybridized carbons (Fsp3) is 0.556. The fourth-order valence-electron chi connectivity index (χ4n) is 2.82. The van der Waals surface area contributed by atoms with Gasteiger partial charge in [-0.1, -0.05) is 19.0 Å². The van der Waals surface area contributed by atoms with Crippen LogP contribution >= 0.6 is 0 Å². The van der Waals surface area contributed by atoms with Crippen LogP contribution < -0.4 is 10.1 Å². The third-order valence-corrected chi connectivity index (χ3v) is 4.64. The van der Waals surface area contributed by atoms with Crippen LogP contribution in [0.25, 0.3) is 0 Å². The minimum Gasteiger partial charge on any atom is -0.468 e. The van der Waals surface area contributed by atoms with Gasteiger partial charge in [0.05, 0.1) is 24.4 Å². The molecule has 1 aliphatic heterocycles. The lowest BCUT2D eigenvalue weighted by Gasteiger charge is -2.22. The molecule has 2 aromatic heterocycles. The molecule has 1 amide bonds. The molecule has 0 bridgehead atoms. The Morgan fingerprint density at radius 1 is 1.42 bits per heavy atom. The molecule has 0 aliphatic carbocycles. The topological polar surface area (TPSA) is 99.4 Å². The molecular weight excluding hydrogens is 336 g/mol. The molecule has 2 unspecified atom stereocenters. The number of nitrogens with zero attached hydrogens (tertiary/aromatic N) is 3. The van der Waals surface area contributed by atoms with Gasteiger partial charge in [-0.15, -0.1) is 10.2 Å². The Bertz CT molecular complexity index is 725. The van der Waals surface area contributed by atoms with Crippen molar-refractivity contribution in [3.8, 4) is 5.88 Å². The van der Waals surface area contributed by atoms with E-state index in [4.69, 9.17) is 14.0 Å². The quantitative estimate of drug-likeness (QED) is 0.809. The van der Waals surface area contributed by atoms with Gasteiger partial charge < -0.3 is 19.3 Å². The first-order chi connectivity index (χ1) is 12.6. The molecule has 3 atom stereocenters. The van der Waals surface area contributed by atoms with Crippen LogP contribution in [-0.4, -0.2) is 40.5 Å². The molecule has 3 rings (SSSR count). The molecule has 0 saturated carbocycles. The molecule has 8 heteroatoms. The van der Waals surface area contributed by atoms with Crippen LogP contribution in [0.3, 0.4) is 0 Å². The normalized spacial score (nSPS) is 19.1. The van der Waals surface area contributed by atoms with Crippen molar-refractivity contribution < 1.29 is 18.8 Å². The molecule has 1 fully saturated rings. The summed E-state index contributed by atoms with van der Waals surface area (Å²) in [4.78, 5) is 12.2. The summed E-state index contributed by atoms with van der Waals surface area (Å²) in [5, 5.41) is 14.8. The minimum absolute atomic E-state index is 0.0339. The molecule has 1 saturated heterocycles. The first-order valence-corrected chi connectivity index (χ1v) is 8.88. The second-order valence-electron chi connectivity index (χ2n) is 6.55. The molecule has 26 heavy (non-hydrogen) atoms. The van der Waals surface area contributed by atoms with Crippen molar-refractivity contribution in [2.75, 3.05) is 13.2 Å². The van der Waals surface area contributed by atoms with Crippen molar-refractivity contribution in [3.05, 3.63) is 35.3 Å². The van der Waals surface area contributed by atoms with Gasteiger partial charge in [-0.2, -0.15) is 0 Å². The maximum atomic E-state index is 12.2. The van der Waals surface area contributed by atoms with Crippen molar-refractivity contribution in [2.45, 2.75) is 45.8 Å². The fourth-order valence-corrected chi connectivity index (χ4v) is 2.82. The zero-order valence-corrected chi connectivity index (χ0v) is 15.3. The van der Waals surface area contributed by atoms with Gasteiger partial charge in [-0.05, 0) is 31.7 Å². The van der Waals surface area contributed by atoms with Crippen LogP contribution in [0.5, 0.6) is 5.88 Å². The van der Waals surface area contributed by atoms with E-state index in [2.05, 4.69) is 34.5 Å². The molecule has 8 nitrogen and oxygen atoms in total. The minimum atomic E-state index is -0.257. The Morgan fingerprint density at radius 2 is 2.27 bits per heavy atom. The third-order valence-electron chi connectivity index (χ3n) is 4.64. The standard InChI is InChI=1S/C18H24N4O4/c1-4-11(2)17(14-9-19-26-12(14)3)25-16-6-5-15(21-22-16)18(23)20-13-7-8-24-10-13/h5-6,9,11,13,17H,4,7-8,10H2,1-3H3,(H,20,23)/t11?,13?,17-/m0/s1. The van der Waals surface area contributed by atoms with Crippen molar-refractivity contribution >= 4 is 5.91 Å². The zero-order chi connectivity index (χ0) is 18.5. The molecule has 0 spiro atoms. The lowest BCUT2D eigenvalue weighted by Crippen LogP contribution is -2.35. The number of aromatic nitrogens is 3. The van der Waals surface area contributed by atoms with Crippen LogP contribution in [0.1, 0.15) is 54.6 Å². The smallest absolute Gasteiger partial charge is 0.272 e. The van der Waals surface area contributed by atoms with Crippen molar-refractivity contribution in [3.63, 3.8) is 0 Å². The highest BCUT2D eigenvalue weighted by Crippen LogP contribution is 2.31. The summed E-state index contributed by atoms with van der Waals surface area (Å²) in [6.45, 7) is 7.25. The lowest BCUT2D eigenvalue weighted by molar-refractivity contribution is 0.0922. The third kappa shape index (κ3) is 4.19. The number of carbonyl (C=O) groups excluding carboxylic acids is 1. The van der Waals surface area contributed by atoms with Crippen LogP contribution in [-0.2, 0) is 4.74 Å². The van der Waals surface area contributed by atoms with Crippen LogP contribution in [0, 0.1) is 12.8 Å². The lowest BCUT2D eigenvalue weighted by atomic mass is 9.96. The first-order valence-electron chi connectivity index (χ1n) is 8.88. The predicted octanol–water partition coefficient (Wildman–Crippen LogP) is 2.46. The van der Waals surface area contributed by atoms with Crippen LogP contribution in [0.2, 0.25) is 0 Å². The Labute approximate surface area is 152 Å². The SMILES string of the molecule is CCC(C)[C@H](Oc1ccc(C(=O)NC2CCOC2)nn1)c1cnoc1C. The molecule has 1 aliphatic rings. The van der Waals surface area contributed by atoms with E-state index in [0.717, 1.165) is 24.2 Å². The highest BCUT2D eigenvalue weighted by Gasteiger charge is 2.25. The Hall–Kier alpha value is -2.48. The highest BCUT2D eigenvalue weighted by molar-refractivity contribution is 5.92. The van der Waals surface area contributed by atoms with Gasteiger partial charge in [0.2, 0.25) is 5.88 Å². The van der Waals surface area contributed by atoms with Gasteiger partial charge >= 0.3 is 0 Å². The molecule has 3 heterocycles. The summed E-state index contributed by atoms with van der Waals surface area (Å²) >= 11 is 0. The van der Waals surface area contributed by atoms with Crippen molar-refractivity contribution in [1.82, 2.24) is 20.7 Å². The molecule has 140 valence electrons. The largest absolute Gasteiger partial charge is 0.468 e. The second-order valence-corrected chi connectivity index (χ2v) is 6.55. The second kappa shape index (κ2) is 8.27. The molecule has 1 N–H and O–H groups in total. The van der Waals surface area contributed by atoms with Gasteiger partial charge in [-0.3, -0.25) is 4.79 Å². The summed E-state index contributed by atoms with van der Waals surface area (Å²) in [5.74, 6) is 1.06. The van der Waals surface area contributed by atoms with E-state index in [1.54, 1.807) is 18.3 Å². The van der Waals surface area contributed by atoms with E-state index < -0.39 is 0 Å². The van der Waals surface area contributed by atoms with E-state index in [0.29, 0.717) is 19.1 Å². The highest BCUT2D eigenvalue weighted by atomic mass is 16.5. The van der Waals surface area contributed by atoms with E-state index in [1.807, 2.05) is 6.92 Å². The first kappa shape index (κ1) is 18.3. The van der Waals surface area contributed by atoms with Crippen LogP contribution in [0.15, 0.2) is 22.9 Å². The summed E-state index contributed by atoms with van der Waals surface area (Å²) in [6.07, 6.45) is 3.17. The number of aryl methyl sites for hydroxylation is 1. The van der Waals surface area contributed by atoms with E-state index >= 15 is 0 Å². The average molecular weight is 360 g/mol. The average Bonchev–Trinajstić information content (AvgIpc) is 3.31. The maximum Gasteiger partial charge on any atom is 0.272 e. The van der Waals surface area contributed by atoms with Crippen molar-refractivity contribution in [1.29, 1.82) is 0 Å². The monoisotopic (exact) mass is 360 g/mol. The Balaban J connectivity index is 1.68. The van der Waals surface area contributed by atoms with Gasteiger partial charge in [0.15, 0.2) is 5.69 Å². The number of nitrogens with one attached hydrogen (secondary N) is 1. The van der Waals surface area contributed by atoms with Gasteiger partial charge in [0.1, 0.15) is 11.9 Å². The Kier molecular flexibility index (Phi) is 5.82. The number of amides is 1. The Morgan fingerprint density at radius 3 is 2.85 bits per heavy atom. The number of rotatable bonds is 7. The van der Waals surface area contributed by atoms with E-state index in [1.165, 1.54) is 0 Å². The molecule has 0 aromatic carbocycles. The van der Waals surface area contributed by atoms with Crippen LogP contribution in [0.4, 0.5) is 0 Å². The maximum absolute atomic E-state index is 12.2. The van der Waals surface area contributed by atoms with Gasteiger partial charge in [0.25, 0.3) is 5.91 Å². The molecule has 2 aromatic rings. The molecule has 0 radical (unpaired) electrons. The summed E-state index contributed by atoms with van der Waals surface area (Å²) in [6, 6.07) is 3.30. The van der Waals surface area contributed by atoms with Gasteiger partial charge in [0, 0.05) is 12.7 Å². The predicted molar refractivity (Wildman–Crippen MR) is 92.8 cm³/mol. The molecular formula is C18H24N4O4. The van der Waals surface area contributed by atoms with E-state index in [-0.39, 0.29) is 29.7 Å². The number of carbonyl (C=O) groups is 1. The number of hydrogen-bond acceptors (Lipinski definition) is 7. The summed E-state index contributed by atoms with van der Waals surface area (Å²) in [7, 11) is 0. The zero-order valence-electron chi connectivity index (χ0n) is 15.3. The summed E-state index contributed by atoms with van der Waals surface area (Å²) < 4.78 is 16.4. The van der Waals surface area contributed by atoms with Crippen molar-refractivity contribution in [2.24, 2.45) is 5.92 Å². The van der Waals surface area contributed by atoms with Gasteiger partial charge in [-0.25, -0.2) is 0 Å². The number of ether oxygens (including phenoxy) is 2. The van der Waals surface area contributed by atoms with E-state index in [9.17, 15) is 4.79 Å².